The summed E-state index contributed by atoms with van der Waals surface area (Å²) in [7, 11) is 0. The first kappa shape index (κ1) is 15.8. The number of rotatable bonds is 3. The third kappa shape index (κ3) is 4.44. The van der Waals surface area contributed by atoms with Crippen LogP contribution in [0.2, 0.25) is 0 Å². The zero-order chi connectivity index (χ0) is 16.2. The summed E-state index contributed by atoms with van der Waals surface area (Å²) in [5.74, 6) is -0.237. The Balaban J connectivity index is 1.96. The van der Waals surface area contributed by atoms with E-state index in [2.05, 4.69) is 20.9 Å². The number of aromatic nitrogens is 1. The van der Waals surface area contributed by atoms with Crippen LogP contribution in [0, 0.1) is 0 Å². The zero-order valence-corrected chi connectivity index (χ0v) is 12.9. The molecular weight excluding hydrogens is 280 g/mol. The number of pyridine rings is 1. The maximum atomic E-state index is 11.9. The molecule has 3 amide bonds. The minimum Gasteiger partial charge on any atom is -0.350 e. The van der Waals surface area contributed by atoms with Gasteiger partial charge in [0.25, 0.3) is 0 Å². The standard InChI is InChI=1S/C16H20N4O2/c1-16(2,3)20-13(21)10-18-15(22)19-12-8-4-6-11-7-5-9-17-14(11)12/h4-9H,10H2,1-3H3,(H,20,21)(H2,18,19,22). The molecule has 0 aliphatic heterocycles. The van der Waals surface area contributed by atoms with E-state index in [-0.39, 0.29) is 18.0 Å². The average molecular weight is 300 g/mol. The third-order valence-electron chi connectivity index (χ3n) is 2.80. The van der Waals surface area contributed by atoms with Crippen LogP contribution in [-0.2, 0) is 4.79 Å². The molecule has 3 N–H and O–H groups in total. The van der Waals surface area contributed by atoms with E-state index >= 15 is 0 Å². The number of nitrogens with one attached hydrogen (secondary N) is 3. The normalized spacial score (nSPS) is 11.0. The molecule has 22 heavy (non-hydrogen) atoms. The first-order chi connectivity index (χ1) is 10.3. The van der Waals surface area contributed by atoms with Crippen LogP contribution in [0.4, 0.5) is 10.5 Å². The number of hydrogen-bond donors (Lipinski definition) is 3. The van der Waals surface area contributed by atoms with Crippen LogP contribution in [0.15, 0.2) is 36.5 Å². The highest BCUT2D eigenvalue weighted by Gasteiger charge is 2.14. The van der Waals surface area contributed by atoms with Gasteiger partial charge in [-0.25, -0.2) is 4.79 Å². The summed E-state index contributed by atoms with van der Waals surface area (Å²) < 4.78 is 0. The van der Waals surface area contributed by atoms with E-state index in [4.69, 9.17) is 0 Å². The molecule has 0 unspecified atom stereocenters. The Labute approximate surface area is 129 Å². The van der Waals surface area contributed by atoms with Crippen molar-refractivity contribution in [2.75, 3.05) is 11.9 Å². The first-order valence-corrected chi connectivity index (χ1v) is 7.05. The fraction of sp³-hybridized carbons (Fsp3) is 0.312. The maximum absolute atomic E-state index is 11.9. The number of urea groups is 1. The molecule has 0 fully saturated rings. The van der Waals surface area contributed by atoms with E-state index in [0.717, 1.165) is 5.39 Å². The molecule has 1 heterocycles. The number of amides is 3. The van der Waals surface area contributed by atoms with Crippen molar-refractivity contribution in [2.24, 2.45) is 0 Å². The molecule has 2 aromatic rings. The Bertz CT molecular complexity index is 687. The second kappa shape index (κ2) is 6.43. The van der Waals surface area contributed by atoms with Gasteiger partial charge in [0.15, 0.2) is 0 Å². The summed E-state index contributed by atoms with van der Waals surface area (Å²) in [6.45, 7) is 5.56. The van der Waals surface area contributed by atoms with Crippen LogP contribution in [0.3, 0.4) is 0 Å². The Morgan fingerprint density at radius 1 is 1.14 bits per heavy atom. The van der Waals surface area contributed by atoms with Crippen LogP contribution in [0.25, 0.3) is 10.9 Å². The molecule has 0 spiro atoms. The Morgan fingerprint density at radius 2 is 1.86 bits per heavy atom. The number of fused-ring (bicyclic) bond motifs is 1. The Hall–Kier alpha value is -2.63. The third-order valence-corrected chi connectivity index (χ3v) is 2.80. The van der Waals surface area contributed by atoms with E-state index in [1.807, 2.05) is 45.0 Å². The Morgan fingerprint density at radius 3 is 2.59 bits per heavy atom. The number of para-hydroxylation sites is 1. The average Bonchev–Trinajstić information content (AvgIpc) is 2.44. The first-order valence-electron chi connectivity index (χ1n) is 7.05. The molecule has 0 aliphatic carbocycles. The quantitative estimate of drug-likeness (QED) is 0.813. The second-order valence-corrected chi connectivity index (χ2v) is 5.99. The van der Waals surface area contributed by atoms with Gasteiger partial charge >= 0.3 is 6.03 Å². The number of carbonyl (C=O) groups is 2. The molecule has 0 saturated heterocycles. The minimum absolute atomic E-state index is 0.0820. The molecule has 0 bridgehead atoms. The van der Waals surface area contributed by atoms with Crippen molar-refractivity contribution in [2.45, 2.75) is 26.3 Å². The summed E-state index contributed by atoms with van der Waals surface area (Å²) in [5, 5.41) is 8.95. The molecule has 1 aromatic heterocycles. The number of anilines is 1. The van der Waals surface area contributed by atoms with Gasteiger partial charge in [-0.3, -0.25) is 9.78 Å². The van der Waals surface area contributed by atoms with Gasteiger partial charge in [-0.05, 0) is 32.9 Å². The topological polar surface area (TPSA) is 83.1 Å². The van der Waals surface area contributed by atoms with Gasteiger partial charge in [-0.2, -0.15) is 0 Å². The van der Waals surface area contributed by atoms with Gasteiger partial charge in [0.05, 0.1) is 17.7 Å². The summed E-state index contributed by atoms with van der Waals surface area (Å²) in [5.41, 5.74) is 0.987. The second-order valence-electron chi connectivity index (χ2n) is 5.99. The highest BCUT2D eigenvalue weighted by atomic mass is 16.2. The largest absolute Gasteiger partial charge is 0.350 e. The van der Waals surface area contributed by atoms with E-state index in [1.54, 1.807) is 12.3 Å². The molecule has 0 radical (unpaired) electrons. The van der Waals surface area contributed by atoms with Crippen molar-refractivity contribution >= 4 is 28.5 Å². The van der Waals surface area contributed by atoms with Gasteiger partial charge < -0.3 is 16.0 Å². The van der Waals surface area contributed by atoms with Crippen LogP contribution >= 0.6 is 0 Å². The van der Waals surface area contributed by atoms with Crippen molar-refractivity contribution in [3.63, 3.8) is 0 Å². The molecule has 0 atom stereocenters. The SMILES string of the molecule is CC(C)(C)NC(=O)CNC(=O)Nc1cccc2cccnc12. The van der Waals surface area contributed by atoms with Crippen molar-refractivity contribution in [3.05, 3.63) is 36.5 Å². The highest BCUT2D eigenvalue weighted by Crippen LogP contribution is 2.20. The number of benzene rings is 1. The van der Waals surface area contributed by atoms with Crippen LogP contribution < -0.4 is 16.0 Å². The highest BCUT2D eigenvalue weighted by molar-refractivity contribution is 6.00. The number of hydrogen-bond acceptors (Lipinski definition) is 3. The Kier molecular flexibility index (Phi) is 4.60. The predicted octanol–water partition coefficient (Wildman–Crippen LogP) is 2.27. The summed E-state index contributed by atoms with van der Waals surface area (Å²) in [4.78, 5) is 27.8. The van der Waals surface area contributed by atoms with Crippen molar-refractivity contribution in [1.82, 2.24) is 15.6 Å². The smallest absolute Gasteiger partial charge is 0.319 e. The molecule has 6 nitrogen and oxygen atoms in total. The van der Waals surface area contributed by atoms with E-state index in [0.29, 0.717) is 11.2 Å². The molecule has 0 saturated carbocycles. The lowest BCUT2D eigenvalue weighted by Crippen LogP contribution is -2.46. The maximum Gasteiger partial charge on any atom is 0.319 e. The van der Waals surface area contributed by atoms with Gasteiger partial charge in [-0.15, -0.1) is 0 Å². The summed E-state index contributed by atoms with van der Waals surface area (Å²) in [6, 6.07) is 8.84. The lowest BCUT2D eigenvalue weighted by molar-refractivity contribution is -0.121. The van der Waals surface area contributed by atoms with Crippen molar-refractivity contribution < 1.29 is 9.59 Å². The molecule has 6 heteroatoms. The van der Waals surface area contributed by atoms with Gasteiger partial charge in [0, 0.05) is 17.1 Å². The van der Waals surface area contributed by atoms with Crippen LogP contribution in [0.1, 0.15) is 20.8 Å². The lowest BCUT2D eigenvalue weighted by atomic mass is 10.1. The number of carbonyl (C=O) groups excluding carboxylic acids is 2. The van der Waals surface area contributed by atoms with E-state index in [1.165, 1.54) is 0 Å². The van der Waals surface area contributed by atoms with E-state index < -0.39 is 6.03 Å². The number of nitrogens with zero attached hydrogens (tertiary/aromatic N) is 1. The molecule has 2 rings (SSSR count). The predicted molar refractivity (Wildman–Crippen MR) is 86.7 cm³/mol. The molecule has 0 aliphatic rings. The van der Waals surface area contributed by atoms with Gasteiger partial charge in [0.1, 0.15) is 0 Å². The summed E-state index contributed by atoms with van der Waals surface area (Å²) >= 11 is 0. The summed E-state index contributed by atoms with van der Waals surface area (Å²) in [6.07, 6.45) is 1.67. The minimum atomic E-state index is -0.442. The molecule has 1 aromatic carbocycles. The van der Waals surface area contributed by atoms with Crippen LogP contribution in [0.5, 0.6) is 0 Å². The molecular formula is C16H20N4O2. The van der Waals surface area contributed by atoms with Crippen molar-refractivity contribution in [3.8, 4) is 0 Å². The van der Waals surface area contributed by atoms with Crippen LogP contribution in [-0.4, -0.2) is 29.0 Å². The lowest BCUT2D eigenvalue weighted by Gasteiger charge is -2.20. The van der Waals surface area contributed by atoms with Crippen molar-refractivity contribution in [1.29, 1.82) is 0 Å². The molecule has 116 valence electrons. The van der Waals surface area contributed by atoms with Gasteiger partial charge in [0.2, 0.25) is 5.91 Å². The fourth-order valence-corrected chi connectivity index (χ4v) is 1.99. The van der Waals surface area contributed by atoms with Gasteiger partial charge in [-0.1, -0.05) is 18.2 Å². The zero-order valence-electron chi connectivity index (χ0n) is 12.9. The monoisotopic (exact) mass is 300 g/mol. The van der Waals surface area contributed by atoms with E-state index in [9.17, 15) is 9.59 Å². The fourth-order valence-electron chi connectivity index (χ4n) is 1.99.